The molecule has 0 spiro atoms. The summed E-state index contributed by atoms with van der Waals surface area (Å²) in [6, 6.07) is 5.25. The predicted molar refractivity (Wildman–Crippen MR) is 91.8 cm³/mol. The maximum atomic E-state index is 12.4. The summed E-state index contributed by atoms with van der Waals surface area (Å²) in [5, 5.41) is 6.80. The lowest BCUT2D eigenvalue weighted by Gasteiger charge is -2.18. The van der Waals surface area contributed by atoms with Gasteiger partial charge in [-0.25, -0.2) is 0 Å². The van der Waals surface area contributed by atoms with E-state index in [1.165, 1.54) is 7.11 Å². The number of benzene rings is 1. The highest BCUT2D eigenvalue weighted by Crippen LogP contribution is 2.34. The summed E-state index contributed by atoms with van der Waals surface area (Å²) in [6.07, 6.45) is 3.45. The number of ether oxygens (including phenoxy) is 2. The van der Waals surface area contributed by atoms with Crippen LogP contribution < -0.4 is 19.7 Å². The van der Waals surface area contributed by atoms with Gasteiger partial charge >= 0.3 is 0 Å². The van der Waals surface area contributed by atoms with Crippen molar-refractivity contribution in [2.75, 3.05) is 31.0 Å². The maximum Gasteiger partial charge on any atom is 0.229 e. The van der Waals surface area contributed by atoms with Crippen molar-refractivity contribution in [3.8, 4) is 11.5 Å². The van der Waals surface area contributed by atoms with Gasteiger partial charge in [-0.05, 0) is 12.1 Å². The van der Waals surface area contributed by atoms with Crippen molar-refractivity contribution in [2.24, 2.45) is 13.0 Å². The molecule has 8 nitrogen and oxygen atoms in total. The molecule has 1 N–H and O–H groups in total. The molecule has 3 rings (SSSR count). The van der Waals surface area contributed by atoms with Crippen molar-refractivity contribution < 1.29 is 19.1 Å². The molecule has 0 saturated carbocycles. The molecule has 1 aliphatic rings. The number of nitrogens with one attached hydrogen (secondary N) is 1. The van der Waals surface area contributed by atoms with Gasteiger partial charge in [0.15, 0.2) is 11.5 Å². The average Bonchev–Trinajstić information content (AvgIpc) is 3.19. The van der Waals surface area contributed by atoms with Gasteiger partial charge < -0.3 is 19.7 Å². The number of nitrogens with zero attached hydrogens (tertiary/aromatic N) is 3. The zero-order valence-corrected chi connectivity index (χ0v) is 14.4. The van der Waals surface area contributed by atoms with Gasteiger partial charge in [0.25, 0.3) is 0 Å². The van der Waals surface area contributed by atoms with Gasteiger partial charge in [0.1, 0.15) is 0 Å². The summed E-state index contributed by atoms with van der Waals surface area (Å²) in [7, 11) is 4.86. The van der Waals surface area contributed by atoms with E-state index in [1.54, 1.807) is 54.3 Å². The van der Waals surface area contributed by atoms with Gasteiger partial charge in [0.2, 0.25) is 11.8 Å². The van der Waals surface area contributed by atoms with Gasteiger partial charge in [-0.3, -0.25) is 14.3 Å². The molecule has 1 aromatic carbocycles. The molecule has 2 heterocycles. The van der Waals surface area contributed by atoms with Crippen LogP contribution in [-0.4, -0.2) is 42.4 Å². The predicted octanol–water partition coefficient (Wildman–Crippen LogP) is 1.43. The number of carbonyl (C=O) groups excluding carboxylic acids is 2. The van der Waals surface area contributed by atoms with Crippen LogP contribution in [0.2, 0.25) is 0 Å². The monoisotopic (exact) mass is 344 g/mol. The Kier molecular flexibility index (Phi) is 4.60. The first kappa shape index (κ1) is 16.8. The second kappa shape index (κ2) is 6.84. The number of rotatable bonds is 5. The highest BCUT2D eigenvalue weighted by atomic mass is 16.5. The van der Waals surface area contributed by atoms with Crippen molar-refractivity contribution in [2.45, 2.75) is 6.42 Å². The van der Waals surface area contributed by atoms with Gasteiger partial charge in [0, 0.05) is 38.0 Å². The van der Waals surface area contributed by atoms with E-state index < -0.39 is 5.92 Å². The first-order valence-electron chi connectivity index (χ1n) is 7.83. The van der Waals surface area contributed by atoms with Crippen molar-refractivity contribution in [1.29, 1.82) is 0 Å². The molecular weight excluding hydrogens is 324 g/mol. The maximum absolute atomic E-state index is 12.4. The highest BCUT2D eigenvalue weighted by molar-refractivity contribution is 6.03. The Morgan fingerprint density at radius 1 is 1.28 bits per heavy atom. The zero-order valence-electron chi connectivity index (χ0n) is 14.4. The van der Waals surface area contributed by atoms with E-state index in [-0.39, 0.29) is 18.2 Å². The van der Waals surface area contributed by atoms with Gasteiger partial charge in [0.05, 0.1) is 32.0 Å². The SMILES string of the molecule is COc1ccc(N2C[C@H](C(=O)Nc3cnn(C)c3)CC2=O)cc1OC. The van der Waals surface area contributed by atoms with Crippen molar-refractivity contribution in [3.63, 3.8) is 0 Å². The Labute approximate surface area is 145 Å². The first-order chi connectivity index (χ1) is 12.0. The number of anilines is 2. The van der Waals surface area contributed by atoms with E-state index in [4.69, 9.17) is 9.47 Å². The minimum Gasteiger partial charge on any atom is -0.493 e. The molecule has 1 aromatic heterocycles. The Morgan fingerprint density at radius 2 is 2.04 bits per heavy atom. The van der Waals surface area contributed by atoms with Crippen LogP contribution in [0.3, 0.4) is 0 Å². The third-order valence-electron chi connectivity index (χ3n) is 4.15. The number of carbonyl (C=O) groups is 2. The molecule has 1 fully saturated rings. The molecule has 0 unspecified atom stereocenters. The number of methoxy groups -OCH3 is 2. The Hall–Kier alpha value is -3.03. The topological polar surface area (TPSA) is 85.7 Å². The minimum absolute atomic E-state index is 0.0986. The number of aryl methyl sites for hydroxylation is 1. The van der Waals surface area contributed by atoms with Crippen LogP contribution in [0.5, 0.6) is 11.5 Å². The average molecular weight is 344 g/mol. The van der Waals surface area contributed by atoms with Gasteiger partial charge in [-0.15, -0.1) is 0 Å². The number of amides is 2. The summed E-state index contributed by atoms with van der Waals surface area (Å²) in [6.45, 7) is 0.320. The van der Waals surface area contributed by atoms with Crippen LogP contribution >= 0.6 is 0 Å². The minimum atomic E-state index is -0.416. The van der Waals surface area contributed by atoms with E-state index in [2.05, 4.69) is 10.4 Å². The quantitative estimate of drug-likeness (QED) is 0.887. The molecule has 1 saturated heterocycles. The van der Waals surface area contributed by atoms with E-state index >= 15 is 0 Å². The van der Waals surface area contributed by atoms with Crippen LogP contribution in [0.15, 0.2) is 30.6 Å². The van der Waals surface area contributed by atoms with Crippen LogP contribution in [0.25, 0.3) is 0 Å². The molecule has 132 valence electrons. The molecule has 8 heteroatoms. The lowest BCUT2D eigenvalue weighted by Crippen LogP contribution is -2.28. The molecule has 0 bridgehead atoms. The lowest BCUT2D eigenvalue weighted by atomic mass is 10.1. The van der Waals surface area contributed by atoms with Crippen molar-refractivity contribution in [3.05, 3.63) is 30.6 Å². The number of hydrogen-bond acceptors (Lipinski definition) is 5. The summed E-state index contributed by atoms with van der Waals surface area (Å²) in [4.78, 5) is 26.3. The first-order valence-corrected chi connectivity index (χ1v) is 7.83. The van der Waals surface area contributed by atoms with Gasteiger partial charge in [-0.2, -0.15) is 5.10 Å². The van der Waals surface area contributed by atoms with E-state index in [1.807, 2.05) is 0 Å². The van der Waals surface area contributed by atoms with Gasteiger partial charge in [-0.1, -0.05) is 0 Å². The largest absolute Gasteiger partial charge is 0.493 e. The Bertz CT molecular complexity index is 802. The summed E-state index contributed by atoms with van der Waals surface area (Å²) >= 11 is 0. The Balaban J connectivity index is 1.73. The summed E-state index contributed by atoms with van der Waals surface area (Å²) in [5.41, 5.74) is 1.30. The molecule has 2 aromatic rings. The summed E-state index contributed by atoms with van der Waals surface area (Å²) in [5.74, 6) is 0.420. The van der Waals surface area contributed by atoms with Crippen LogP contribution in [0.4, 0.5) is 11.4 Å². The van der Waals surface area contributed by atoms with E-state index in [9.17, 15) is 9.59 Å². The third kappa shape index (κ3) is 3.42. The van der Waals surface area contributed by atoms with Crippen LogP contribution in [-0.2, 0) is 16.6 Å². The van der Waals surface area contributed by atoms with E-state index in [0.717, 1.165) is 0 Å². The fraction of sp³-hybridized carbons (Fsp3) is 0.353. The number of hydrogen-bond donors (Lipinski definition) is 1. The molecule has 25 heavy (non-hydrogen) atoms. The molecular formula is C17H20N4O4. The second-order valence-electron chi connectivity index (χ2n) is 5.84. The van der Waals surface area contributed by atoms with E-state index in [0.29, 0.717) is 29.4 Å². The van der Waals surface area contributed by atoms with Crippen LogP contribution in [0, 0.1) is 5.92 Å². The smallest absolute Gasteiger partial charge is 0.229 e. The molecule has 0 radical (unpaired) electrons. The fourth-order valence-corrected chi connectivity index (χ4v) is 2.86. The second-order valence-corrected chi connectivity index (χ2v) is 5.84. The van der Waals surface area contributed by atoms with Crippen molar-refractivity contribution >= 4 is 23.2 Å². The molecule has 1 aliphatic heterocycles. The van der Waals surface area contributed by atoms with Crippen molar-refractivity contribution in [1.82, 2.24) is 9.78 Å². The number of aromatic nitrogens is 2. The zero-order chi connectivity index (χ0) is 18.0. The lowest BCUT2D eigenvalue weighted by molar-refractivity contribution is -0.122. The molecule has 1 atom stereocenters. The van der Waals surface area contributed by atoms with Crippen LogP contribution in [0.1, 0.15) is 6.42 Å². The normalized spacial score (nSPS) is 16.8. The molecule has 0 aliphatic carbocycles. The standard InChI is InChI=1S/C17H20N4O4/c1-20-10-12(8-18-20)19-17(23)11-6-16(22)21(9-11)13-4-5-14(24-2)15(7-13)25-3/h4-5,7-8,10-11H,6,9H2,1-3H3,(H,19,23)/t11-/m1/s1. The highest BCUT2D eigenvalue weighted by Gasteiger charge is 2.35. The third-order valence-corrected chi connectivity index (χ3v) is 4.15. The Morgan fingerprint density at radius 3 is 2.68 bits per heavy atom. The summed E-state index contributed by atoms with van der Waals surface area (Å²) < 4.78 is 12.1. The molecule has 2 amide bonds. The fourth-order valence-electron chi connectivity index (χ4n) is 2.86.